The van der Waals surface area contributed by atoms with E-state index >= 15 is 0 Å². The Hall–Kier alpha value is -1.43. The van der Waals surface area contributed by atoms with Gasteiger partial charge >= 0.3 is 0 Å². The van der Waals surface area contributed by atoms with Crippen LogP contribution >= 0.6 is 11.3 Å². The second-order valence-corrected chi connectivity index (χ2v) is 8.93. The van der Waals surface area contributed by atoms with Gasteiger partial charge in [-0.15, -0.1) is 11.3 Å². The van der Waals surface area contributed by atoms with Gasteiger partial charge in [0.1, 0.15) is 5.69 Å². The van der Waals surface area contributed by atoms with Crippen molar-refractivity contribution in [2.45, 2.75) is 52.9 Å². The van der Waals surface area contributed by atoms with Crippen molar-refractivity contribution in [3.63, 3.8) is 0 Å². The molecule has 3 rings (SSSR count). The zero-order valence-electron chi connectivity index (χ0n) is 15.6. The minimum atomic E-state index is 0.0253. The van der Waals surface area contributed by atoms with E-state index in [0.29, 0.717) is 23.9 Å². The molecule has 2 fully saturated rings. The van der Waals surface area contributed by atoms with Gasteiger partial charge in [-0.25, -0.2) is 4.98 Å². The summed E-state index contributed by atoms with van der Waals surface area (Å²) in [5, 5.41) is 2.81. The van der Waals surface area contributed by atoms with Crippen LogP contribution in [0.1, 0.15) is 63.4 Å². The SMILES string of the molecule is CC(=O)c1csc(N2CCCC3(CCC(=O)N(CCC(C)C)C3)C2)n1. The van der Waals surface area contributed by atoms with E-state index in [1.165, 1.54) is 6.42 Å². The Kier molecular flexibility index (Phi) is 5.46. The Labute approximate surface area is 154 Å². The van der Waals surface area contributed by atoms with Crippen LogP contribution in [0.4, 0.5) is 5.13 Å². The van der Waals surface area contributed by atoms with Crippen LogP contribution in [0.5, 0.6) is 0 Å². The van der Waals surface area contributed by atoms with Gasteiger partial charge < -0.3 is 9.80 Å². The molecule has 3 heterocycles. The molecule has 1 atom stereocenters. The zero-order valence-corrected chi connectivity index (χ0v) is 16.4. The van der Waals surface area contributed by atoms with Crippen molar-refractivity contribution in [3.05, 3.63) is 11.1 Å². The first kappa shape index (κ1) is 18.4. The van der Waals surface area contributed by atoms with Crippen LogP contribution in [0, 0.1) is 11.3 Å². The van der Waals surface area contributed by atoms with Gasteiger partial charge in [0.05, 0.1) is 0 Å². The van der Waals surface area contributed by atoms with Gasteiger partial charge in [-0.2, -0.15) is 0 Å². The summed E-state index contributed by atoms with van der Waals surface area (Å²) >= 11 is 1.56. The van der Waals surface area contributed by atoms with Gasteiger partial charge in [-0.1, -0.05) is 13.8 Å². The summed E-state index contributed by atoms with van der Waals surface area (Å²) in [6.45, 7) is 9.68. The minimum Gasteiger partial charge on any atom is -0.347 e. The molecule has 0 aliphatic carbocycles. The number of carbonyl (C=O) groups is 2. The maximum absolute atomic E-state index is 12.3. The predicted octanol–water partition coefficient (Wildman–Crippen LogP) is 3.60. The Morgan fingerprint density at radius 1 is 1.36 bits per heavy atom. The lowest BCUT2D eigenvalue weighted by atomic mass is 9.73. The van der Waals surface area contributed by atoms with Crippen LogP contribution in [0.15, 0.2) is 5.38 Å². The number of Topliss-reactive ketones (excluding diaryl/α,β-unsaturated/α-hetero) is 1. The Balaban J connectivity index is 1.70. The second kappa shape index (κ2) is 7.44. The Morgan fingerprint density at radius 3 is 2.84 bits per heavy atom. The number of thiazole rings is 1. The fourth-order valence-electron chi connectivity index (χ4n) is 4.00. The van der Waals surface area contributed by atoms with E-state index in [1.807, 2.05) is 5.38 Å². The van der Waals surface area contributed by atoms with E-state index in [2.05, 4.69) is 28.6 Å². The second-order valence-electron chi connectivity index (χ2n) is 8.09. The standard InChI is InChI=1S/C19H29N3O2S/c1-14(2)6-10-21-12-19(8-5-17(21)24)7-4-9-22(13-19)18-20-16(11-25-18)15(3)23/h11,14H,4-10,12-13H2,1-3H3. The molecule has 0 N–H and O–H groups in total. The van der Waals surface area contributed by atoms with Crippen LogP contribution in [0.3, 0.4) is 0 Å². The Morgan fingerprint density at radius 2 is 2.16 bits per heavy atom. The molecule has 1 aromatic heterocycles. The lowest BCUT2D eigenvalue weighted by molar-refractivity contribution is -0.138. The van der Waals surface area contributed by atoms with Crippen molar-refractivity contribution < 1.29 is 9.59 Å². The number of rotatable bonds is 5. The third kappa shape index (κ3) is 4.22. The quantitative estimate of drug-likeness (QED) is 0.750. The van der Waals surface area contributed by atoms with Crippen LogP contribution in [0.25, 0.3) is 0 Å². The molecule has 138 valence electrons. The highest BCUT2D eigenvalue weighted by Crippen LogP contribution is 2.40. The van der Waals surface area contributed by atoms with Gasteiger partial charge in [0.25, 0.3) is 0 Å². The third-order valence-electron chi connectivity index (χ3n) is 5.51. The number of amides is 1. The summed E-state index contributed by atoms with van der Waals surface area (Å²) in [7, 11) is 0. The number of nitrogens with zero attached hydrogens (tertiary/aromatic N) is 3. The average Bonchev–Trinajstić information content (AvgIpc) is 3.06. The molecule has 1 unspecified atom stereocenters. The van der Waals surface area contributed by atoms with Crippen LogP contribution in [0.2, 0.25) is 0 Å². The van der Waals surface area contributed by atoms with E-state index in [0.717, 1.165) is 50.6 Å². The number of hydrogen-bond acceptors (Lipinski definition) is 5. The largest absolute Gasteiger partial charge is 0.347 e. The van der Waals surface area contributed by atoms with Crippen molar-refractivity contribution in [3.8, 4) is 0 Å². The minimum absolute atomic E-state index is 0.0253. The van der Waals surface area contributed by atoms with Crippen molar-refractivity contribution in [2.75, 3.05) is 31.1 Å². The molecule has 0 bridgehead atoms. The molecule has 0 saturated carbocycles. The molecule has 1 amide bonds. The fourth-order valence-corrected chi connectivity index (χ4v) is 4.89. The number of anilines is 1. The average molecular weight is 364 g/mol. The normalized spacial score (nSPS) is 24.4. The molecular formula is C19H29N3O2S. The van der Waals surface area contributed by atoms with Gasteiger partial charge in [0.2, 0.25) is 5.91 Å². The maximum atomic E-state index is 12.3. The van der Waals surface area contributed by atoms with Gasteiger partial charge in [-0.05, 0) is 31.6 Å². The maximum Gasteiger partial charge on any atom is 0.222 e. The molecule has 2 aliphatic rings. The van der Waals surface area contributed by atoms with Crippen molar-refractivity contribution >= 4 is 28.2 Å². The molecule has 2 aliphatic heterocycles. The summed E-state index contributed by atoms with van der Waals surface area (Å²) < 4.78 is 0. The van der Waals surface area contributed by atoms with E-state index in [-0.39, 0.29) is 11.2 Å². The number of piperidine rings is 2. The highest BCUT2D eigenvalue weighted by molar-refractivity contribution is 7.13. The number of ketones is 1. The molecule has 0 radical (unpaired) electrons. The number of hydrogen-bond donors (Lipinski definition) is 0. The smallest absolute Gasteiger partial charge is 0.222 e. The summed E-state index contributed by atoms with van der Waals surface area (Å²) in [6, 6.07) is 0. The van der Waals surface area contributed by atoms with Crippen molar-refractivity contribution in [1.29, 1.82) is 0 Å². The molecule has 1 spiro atoms. The van der Waals surface area contributed by atoms with E-state index in [9.17, 15) is 9.59 Å². The van der Waals surface area contributed by atoms with Crippen LogP contribution < -0.4 is 4.90 Å². The Bertz CT molecular complexity index is 642. The summed E-state index contributed by atoms with van der Waals surface area (Å²) in [4.78, 5) is 32.8. The van der Waals surface area contributed by atoms with E-state index < -0.39 is 0 Å². The van der Waals surface area contributed by atoms with Crippen molar-refractivity contribution in [2.24, 2.45) is 11.3 Å². The van der Waals surface area contributed by atoms with Crippen LogP contribution in [-0.2, 0) is 4.79 Å². The fraction of sp³-hybridized carbons (Fsp3) is 0.737. The molecule has 5 nitrogen and oxygen atoms in total. The lowest BCUT2D eigenvalue weighted by Crippen LogP contribution is -2.54. The third-order valence-corrected chi connectivity index (χ3v) is 6.41. The number of carbonyl (C=O) groups excluding carboxylic acids is 2. The number of likely N-dealkylation sites (tertiary alicyclic amines) is 1. The highest BCUT2D eigenvalue weighted by atomic mass is 32.1. The summed E-state index contributed by atoms with van der Waals surface area (Å²) in [6.07, 6.45) is 5.02. The molecule has 2 saturated heterocycles. The highest BCUT2D eigenvalue weighted by Gasteiger charge is 2.42. The number of aromatic nitrogens is 1. The zero-order chi connectivity index (χ0) is 18.0. The molecule has 0 aromatic carbocycles. The van der Waals surface area contributed by atoms with Gasteiger partial charge in [-0.3, -0.25) is 9.59 Å². The lowest BCUT2D eigenvalue weighted by Gasteiger charge is -2.48. The molecular weight excluding hydrogens is 334 g/mol. The van der Waals surface area contributed by atoms with E-state index in [4.69, 9.17) is 0 Å². The van der Waals surface area contributed by atoms with Crippen LogP contribution in [-0.4, -0.2) is 47.8 Å². The summed E-state index contributed by atoms with van der Waals surface area (Å²) in [5.74, 6) is 0.961. The summed E-state index contributed by atoms with van der Waals surface area (Å²) in [5.41, 5.74) is 0.752. The van der Waals surface area contributed by atoms with Gasteiger partial charge in [0, 0.05) is 50.3 Å². The van der Waals surface area contributed by atoms with Gasteiger partial charge in [0.15, 0.2) is 10.9 Å². The first-order chi connectivity index (χ1) is 11.9. The molecule has 1 aromatic rings. The molecule has 6 heteroatoms. The van der Waals surface area contributed by atoms with E-state index in [1.54, 1.807) is 18.3 Å². The predicted molar refractivity (Wildman–Crippen MR) is 101 cm³/mol. The van der Waals surface area contributed by atoms with Crippen molar-refractivity contribution in [1.82, 2.24) is 9.88 Å². The topological polar surface area (TPSA) is 53.5 Å². The first-order valence-corrected chi connectivity index (χ1v) is 10.3. The monoisotopic (exact) mass is 363 g/mol. The first-order valence-electron chi connectivity index (χ1n) is 9.38. The molecule has 25 heavy (non-hydrogen) atoms.